The van der Waals surface area contributed by atoms with Crippen LogP contribution in [-0.4, -0.2) is 37.2 Å². The minimum Gasteiger partial charge on any atom is -0.462 e. The molecular formula is C44H84O6. The first-order chi connectivity index (χ1) is 24.5. The molecule has 0 fully saturated rings. The molecule has 0 amide bonds. The van der Waals surface area contributed by atoms with Crippen LogP contribution in [0.25, 0.3) is 0 Å². The molecule has 0 aliphatic rings. The monoisotopic (exact) mass is 709 g/mol. The summed E-state index contributed by atoms with van der Waals surface area (Å²) in [5, 5.41) is 0. The molecule has 6 nitrogen and oxygen atoms in total. The van der Waals surface area contributed by atoms with Crippen LogP contribution < -0.4 is 0 Å². The zero-order chi connectivity index (χ0) is 36.6. The second-order valence-electron chi connectivity index (χ2n) is 15.0. The largest absolute Gasteiger partial charge is 0.462 e. The topological polar surface area (TPSA) is 78.9 Å². The summed E-state index contributed by atoms with van der Waals surface area (Å²) >= 11 is 0. The van der Waals surface area contributed by atoms with E-state index in [1.165, 1.54) is 141 Å². The number of rotatable bonds is 40. The first kappa shape index (κ1) is 48.4. The number of unbranched alkanes of at least 4 members (excludes halogenated alkanes) is 29. The quantitative estimate of drug-likeness (QED) is 0.0358. The Balaban J connectivity index is 4.15. The minimum absolute atomic E-state index is 0.0643. The molecule has 6 heteroatoms. The van der Waals surface area contributed by atoms with Crippen LogP contribution in [0.4, 0.5) is 0 Å². The summed E-state index contributed by atoms with van der Waals surface area (Å²) in [6, 6.07) is 0. The van der Waals surface area contributed by atoms with Crippen LogP contribution in [0.3, 0.4) is 0 Å². The molecule has 1 atom stereocenters. The van der Waals surface area contributed by atoms with Crippen LogP contribution in [0, 0.1) is 0 Å². The van der Waals surface area contributed by atoms with E-state index >= 15 is 0 Å². The molecule has 0 aromatic rings. The number of carbonyl (C=O) groups is 3. The highest BCUT2D eigenvalue weighted by Gasteiger charge is 2.19. The highest BCUT2D eigenvalue weighted by Crippen LogP contribution is 2.16. The van der Waals surface area contributed by atoms with Crippen LogP contribution in [0.2, 0.25) is 0 Å². The van der Waals surface area contributed by atoms with Gasteiger partial charge in [-0.3, -0.25) is 14.4 Å². The molecule has 0 N–H and O–H groups in total. The van der Waals surface area contributed by atoms with Crippen molar-refractivity contribution >= 4 is 17.9 Å². The maximum Gasteiger partial charge on any atom is 0.306 e. The van der Waals surface area contributed by atoms with Crippen LogP contribution in [-0.2, 0) is 28.6 Å². The van der Waals surface area contributed by atoms with Crippen molar-refractivity contribution in [3.8, 4) is 0 Å². The molecule has 0 bridgehead atoms. The third kappa shape index (κ3) is 37.7. The van der Waals surface area contributed by atoms with Gasteiger partial charge in [-0.1, -0.05) is 207 Å². The van der Waals surface area contributed by atoms with E-state index < -0.39 is 6.10 Å². The zero-order valence-electron chi connectivity index (χ0n) is 33.7. The van der Waals surface area contributed by atoms with E-state index in [1.807, 2.05) is 0 Å². The van der Waals surface area contributed by atoms with Crippen LogP contribution in [0.5, 0.6) is 0 Å². The number of carbonyl (C=O) groups excluding carboxylic acids is 3. The maximum atomic E-state index is 12.6. The molecule has 50 heavy (non-hydrogen) atoms. The number of hydrogen-bond donors (Lipinski definition) is 0. The Morgan fingerprint density at radius 2 is 0.540 bits per heavy atom. The molecule has 0 heterocycles. The lowest BCUT2D eigenvalue weighted by Crippen LogP contribution is -2.30. The molecule has 0 spiro atoms. The molecule has 296 valence electrons. The fourth-order valence-electron chi connectivity index (χ4n) is 6.50. The Kier molecular flexibility index (Phi) is 38.9. The van der Waals surface area contributed by atoms with E-state index in [4.69, 9.17) is 14.2 Å². The second kappa shape index (κ2) is 40.2. The first-order valence-corrected chi connectivity index (χ1v) is 22.0. The molecule has 0 saturated carbocycles. The smallest absolute Gasteiger partial charge is 0.306 e. The summed E-state index contributed by atoms with van der Waals surface area (Å²) in [4.78, 5) is 37.3. The third-order valence-corrected chi connectivity index (χ3v) is 9.86. The summed E-state index contributed by atoms with van der Waals surface area (Å²) in [7, 11) is 0. The van der Waals surface area contributed by atoms with E-state index in [0.717, 1.165) is 64.2 Å². The van der Waals surface area contributed by atoms with Gasteiger partial charge in [-0.2, -0.15) is 0 Å². The van der Waals surface area contributed by atoms with Crippen molar-refractivity contribution in [1.82, 2.24) is 0 Å². The van der Waals surface area contributed by atoms with Crippen LogP contribution in [0.15, 0.2) is 0 Å². The zero-order valence-corrected chi connectivity index (χ0v) is 33.7. The molecule has 0 aliphatic heterocycles. The van der Waals surface area contributed by atoms with Crippen molar-refractivity contribution < 1.29 is 28.6 Å². The second-order valence-corrected chi connectivity index (χ2v) is 15.0. The fraction of sp³-hybridized carbons (Fsp3) is 0.932. The molecule has 0 rings (SSSR count). The lowest BCUT2D eigenvalue weighted by atomic mass is 10.0. The molecule has 0 unspecified atom stereocenters. The van der Waals surface area contributed by atoms with E-state index in [1.54, 1.807) is 0 Å². The van der Waals surface area contributed by atoms with E-state index in [0.29, 0.717) is 19.3 Å². The first-order valence-electron chi connectivity index (χ1n) is 22.0. The molecule has 0 aromatic carbocycles. The predicted octanol–water partition coefficient (Wildman–Crippen LogP) is 13.7. The standard InChI is InChI=1S/C44H84O6/c1-4-7-10-13-15-17-19-20-21-22-23-24-25-27-29-32-35-38-44(47)50-41(39-48-42(45)36-33-30-12-9-6-3)40-49-43(46)37-34-31-28-26-18-16-14-11-8-5-2/h41H,4-40H2,1-3H3/t41-/m0/s1. The average Bonchev–Trinajstić information content (AvgIpc) is 3.11. The van der Waals surface area contributed by atoms with Gasteiger partial charge in [0.15, 0.2) is 6.10 Å². The van der Waals surface area contributed by atoms with Gasteiger partial charge in [-0.25, -0.2) is 0 Å². The van der Waals surface area contributed by atoms with Crippen LogP contribution in [0.1, 0.15) is 245 Å². The number of ether oxygens (including phenoxy) is 3. The maximum absolute atomic E-state index is 12.6. The highest BCUT2D eigenvalue weighted by molar-refractivity contribution is 5.71. The van der Waals surface area contributed by atoms with Crippen LogP contribution >= 0.6 is 0 Å². The fourth-order valence-corrected chi connectivity index (χ4v) is 6.50. The van der Waals surface area contributed by atoms with E-state index in [9.17, 15) is 14.4 Å². The van der Waals surface area contributed by atoms with Gasteiger partial charge in [0, 0.05) is 19.3 Å². The third-order valence-electron chi connectivity index (χ3n) is 9.86. The molecule has 0 saturated heterocycles. The average molecular weight is 709 g/mol. The summed E-state index contributed by atoms with van der Waals surface area (Å²) in [6.07, 6.45) is 39.7. The molecule has 0 radical (unpaired) electrons. The van der Waals surface area contributed by atoms with E-state index in [-0.39, 0.29) is 31.1 Å². The molecule has 0 aliphatic carbocycles. The van der Waals surface area contributed by atoms with Gasteiger partial charge >= 0.3 is 17.9 Å². The Labute approximate surface area is 310 Å². The van der Waals surface area contributed by atoms with E-state index in [2.05, 4.69) is 20.8 Å². The lowest BCUT2D eigenvalue weighted by molar-refractivity contribution is -0.167. The van der Waals surface area contributed by atoms with Crippen molar-refractivity contribution in [2.75, 3.05) is 13.2 Å². The Morgan fingerprint density at radius 3 is 0.800 bits per heavy atom. The summed E-state index contributed by atoms with van der Waals surface area (Å²) in [5.41, 5.74) is 0. The van der Waals surface area contributed by atoms with Crippen molar-refractivity contribution in [2.45, 2.75) is 252 Å². The van der Waals surface area contributed by atoms with Gasteiger partial charge in [-0.15, -0.1) is 0 Å². The Morgan fingerprint density at radius 1 is 0.320 bits per heavy atom. The van der Waals surface area contributed by atoms with Crippen molar-refractivity contribution in [2.24, 2.45) is 0 Å². The number of hydrogen-bond acceptors (Lipinski definition) is 6. The van der Waals surface area contributed by atoms with Gasteiger partial charge < -0.3 is 14.2 Å². The molecular weight excluding hydrogens is 624 g/mol. The summed E-state index contributed by atoms with van der Waals surface area (Å²) in [5.74, 6) is -0.870. The summed E-state index contributed by atoms with van der Waals surface area (Å²) in [6.45, 7) is 6.56. The molecule has 0 aromatic heterocycles. The lowest BCUT2D eigenvalue weighted by Gasteiger charge is -2.18. The Hall–Kier alpha value is -1.59. The normalized spacial score (nSPS) is 11.8. The highest BCUT2D eigenvalue weighted by atomic mass is 16.6. The van der Waals surface area contributed by atoms with Crippen molar-refractivity contribution in [3.05, 3.63) is 0 Å². The summed E-state index contributed by atoms with van der Waals surface area (Å²) < 4.78 is 16.6. The van der Waals surface area contributed by atoms with Gasteiger partial charge in [-0.05, 0) is 19.3 Å². The van der Waals surface area contributed by atoms with Gasteiger partial charge in [0.2, 0.25) is 0 Å². The Bertz CT molecular complexity index is 738. The van der Waals surface area contributed by atoms with Gasteiger partial charge in [0.25, 0.3) is 0 Å². The number of esters is 3. The predicted molar refractivity (Wildman–Crippen MR) is 210 cm³/mol. The van der Waals surface area contributed by atoms with Crippen molar-refractivity contribution in [1.29, 1.82) is 0 Å². The minimum atomic E-state index is -0.756. The van der Waals surface area contributed by atoms with Gasteiger partial charge in [0.05, 0.1) is 0 Å². The van der Waals surface area contributed by atoms with Gasteiger partial charge in [0.1, 0.15) is 13.2 Å². The van der Waals surface area contributed by atoms with Crippen molar-refractivity contribution in [3.63, 3.8) is 0 Å². The SMILES string of the molecule is CCCCCCCCCCCCCCCCCCCC(=O)O[C@@H](COC(=O)CCCCCCC)COC(=O)CCCCCCCCCCCC.